The van der Waals surface area contributed by atoms with Crippen molar-refractivity contribution in [2.45, 2.75) is 13.2 Å². The van der Waals surface area contributed by atoms with Crippen molar-refractivity contribution in [1.29, 1.82) is 0 Å². The maximum Gasteiger partial charge on any atom is 0.293 e. The van der Waals surface area contributed by atoms with Crippen molar-refractivity contribution < 1.29 is 23.1 Å². The van der Waals surface area contributed by atoms with Crippen molar-refractivity contribution in [2.24, 2.45) is 0 Å². The van der Waals surface area contributed by atoms with Crippen LogP contribution in [0.4, 0.5) is 13.6 Å². The molecule has 0 radical (unpaired) electrons. The number of halogens is 4. The lowest BCUT2D eigenvalue weighted by molar-refractivity contribution is -0.123. The summed E-state index contributed by atoms with van der Waals surface area (Å²) in [4.78, 5) is 26.6. The van der Waals surface area contributed by atoms with E-state index < -0.39 is 5.91 Å². The Labute approximate surface area is 209 Å². The second-order valence-corrected chi connectivity index (χ2v) is 9.83. The molecule has 0 spiro atoms. The van der Waals surface area contributed by atoms with Gasteiger partial charge in [-0.2, -0.15) is 0 Å². The molecule has 0 atom stereocenters. The van der Waals surface area contributed by atoms with Gasteiger partial charge in [-0.3, -0.25) is 14.5 Å². The van der Waals surface area contributed by atoms with E-state index in [1.165, 1.54) is 24.3 Å². The Bertz CT molecular complexity index is 1240. The third kappa shape index (κ3) is 5.72. The SMILES string of the molecule is O=C1SC(=Cc2cc(Br)c(OCc3cccc(F)c3)c(Br)c2)C(=O)N1Cc1ccc(F)cc1. The second-order valence-electron chi connectivity index (χ2n) is 7.13. The molecule has 33 heavy (non-hydrogen) atoms. The smallest absolute Gasteiger partial charge is 0.293 e. The third-order valence-electron chi connectivity index (χ3n) is 4.72. The molecule has 0 unspecified atom stereocenters. The fourth-order valence-electron chi connectivity index (χ4n) is 3.14. The number of carbonyl (C=O) groups is 2. The van der Waals surface area contributed by atoms with Gasteiger partial charge >= 0.3 is 0 Å². The summed E-state index contributed by atoms with van der Waals surface area (Å²) >= 11 is 7.78. The molecule has 4 rings (SSSR count). The van der Waals surface area contributed by atoms with Gasteiger partial charge in [0.05, 0.1) is 20.4 Å². The van der Waals surface area contributed by atoms with Crippen LogP contribution in [0.25, 0.3) is 6.08 Å². The minimum Gasteiger partial charge on any atom is -0.487 e. The molecule has 9 heteroatoms. The first-order valence-electron chi connectivity index (χ1n) is 9.66. The van der Waals surface area contributed by atoms with Gasteiger partial charge < -0.3 is 4.74 Å². The lowest BCUT2D eigenvalue weighted by atomic mass is 10.2. The molecule has 3 aromatic carbocycles. The number of imide groups is 1. The average molecular weight is 595 g/mol. The standard InChI is InChI=1S/C24H15Br2F2NO3S/c25-19-9-16(10-20(26)22(19)32-13-15-2-1-3-18(28)8-15)11-21-23(30)29(24(31)33-21)12-14-4-6-17(27)7-5-14/h1-11H,12-13H2. The zero-order valence-electron chi connectivity index (χ0n) is 16.9. The Morgan fingerprint density at radius 1 is 0.909 bits per heavy atom. The summed E-state index contributed by atoms with van der Waals surface area (Å²) in [7, 11) is 0. The molecule has 1 heterocycles. The van der Waals surface area contributed by atoms with Crippen molar-refractivity contribution in [2.75, 3.05) is 0 Å². The first-order valence-corrected chi connectivity index (χ1v) is 12.1. The number of ether oxygens (including phenoxy) is 1. The van der Waals surface area contributed by atoms with Gasteiger partial charge in [-0.15, -0.1) is 0 Å². The highest BCUT2D eigenvalue weighted by Gasteiger charge is 2.35. The van der Waals surface area contributed by atoms with Crippen LogP contribution >= 0.6 is 43.6 Å². The number of benzene rings is 3. The van der Waals surface area contributed by atoms with E-state index >= 15 is 0 Å². The van der Waals surface area contributed by atoms with Crippen LogP contribution < -0.4 is 4.74 Å². The van der Waals surface area contributed by atoms with E-state index in [1.54, 1.807) is 42.5 Å². The van der Waals surface area contributed by atoms with Crippen LogP contribution in [0.3, 0.4) is 0 Å². The van der Waals surface area contributed by atoms with Crippen LogP contribution in [0.2, 0.25) is 0 Å². The topological polar surface area (TPSA) is 46.6 Å². The molecule has 1 saturated heterocycles. The number of thioether (sulfide) groups is 1. The van der Waals surface area contributed by atoms with Gasteiger partial charge in [0.15, 0.2) is 0 Å². The van der Waals surface area contributed by atoms with E-state index in [1.807, 2.05) is 0 Å². The largest absolute Gasteiger partial charge is 0.487 e. The maximum absolute atomic E-state index is 13.4. The highest BCUT2D eigenvalue weighted by Crippen LogP contribution is 2.38. The Hall–Kier alpha value is -2.49. The van der Waals surface area contributed by atoms with Gasteiger partial charge in [0.1, 0.15) is 24.0 Å². The molecule has 1 fully saturated rings. The molecule has 3 aromatic rings. The fourth-order valence-corrected chi connectivity index (χ4v) is 5.43. The van der Waals surface area contributed by atoms with Crippen molar-refractivity contribution >= 4 is 60.8 Å². The Balaban J connectivity index is 1.49. The number of rotatable bonds is 6. The van der Waals surface area contributed by atoms with E-state index in [2.05, 4.69) is 31.9 Å². The zero-order valence-corrected chi connectivity index (χ0v) is 20.8. The molecular formula is C24H15Br2F2NO3S. The molecule has 0 saturated carbocycles. The van der Waals surface area contributed by atoms with Crippen LogP contribution in [0, 0.1) is 11.6 Å². The Morgan fingerprint density at radius 3 is 2.27 bits per heavy atom. The lowest BCUT2D eigenvalue weighted by Gasteiger charge is -2.12. The number of hydrogen-bond acceptors (Lipinski definition) is 4. The molecule has 168 valence electrons. The minimum absolute atomic E-state index is 0.0720. The molecule has 1 aliphatic rings. The summed E-state index contributed by atoms with van der Waals surface area (Å²) in [5.41, 5.74) is 2.03. The van der Waals surface area contributed by atoms with E-state index in [-0.39, 0.29) is 34.9 Å². The molecule has 0 aromatic heterocycles. The van der Waals surface area contributed by atoms with Crippen LogP contribution in [-0.4, -0.2) is 16.0 Å². The summed E-state index contributed by atoms with van der Waals surface area (Å²) < 4.78 is 33.6. The Morgan fingerprint density at radius 2 is 1.61 bits per heavy atom. The van der Waals surface area contributed by atoms with E-state index in [0.717, 1.165) is 16.7 Å². The number of amides is 2. The van der Waals surface area contributed by atoms with E-state index in [0.29, 0.717) is 31.4 Å². The zero-order chi connectivity index (χ0) is 23.5. The highest BCUT2D eigenvalue weighted by molar-refractivity contribution is 9.11. The predicted octanol–water partition coefficient (Wildman–Crippen LogP) is 7.31. The van der Waals surface area contributed by atoms with Gasteiger partial charge in [0.2, 0.25) is 0 Å². The van der Waals surface area contributed by atoms with Gasteiger partial charge in [-0.05, 0) is 103 Å². The first kappa shape index (κ1) is 23.7. The highest BCUT2D eigenvalue weighted by atomic mass is 79.9. The molecule has 0 N–H and O–H groups in total. The molecule has 2 amide bonds. The van der Waals surface area contributed by atoms with Gasteiger partial charge in [0, 0.05) is 0 Å². The van der Waals surface area contributed by atoms with Crippen molar-refractivity contribution in [3.05, 3.63) is 103 Å². The van der Waals surface area contributed by atoms with E-state index in [4.69, 9.17) is 4.74 Å². The van der Waals surface area contributed by atoms with Crippen LogP contribution in [0.15, 0.2) is 74.5 Å². The average Bonchev–Trinajstić information content (AvgIpc) is 3.02. The third-order valence-corrected chi connectivity index (χ3v) is 6.80. The predicted molar refractivity (Wildman–Crippen MR) is 130 cm³/mol. The van der Waals surface area contributed by atoms with Gasteiger partial charge in [-0.1, -0.05) is 24.3 Å². The van der Waals surface area contributed by atoms with Crippen molar-refractivity contribution in [3.63, 3.8) is 0 Å². The fraction of sp³-hybridized carbons (Fsp3) is 0.0833. The lowest BCUT2D eigenvalue weighted by Crippen LogP contribution is -2.27. The maximum atomic E-state index is 13.4. The quantitative estimate of drug-likeness (QED) is 0.281. The van der Waals surface area contributed by atoms with Gasteiger partial charge in [0.25, 0.3) is 11.1 Å². The summed E-state index contributed by atoms with van der Waals surface area (Å²) in [5, 5.41) is -0.385. The molecule has 1 aliphatic heterocycles. The monoisotopic (exact) mass is 593 g/mol. The summed E-state index contributed by atoms with van der Waals surface area (Å²) in [6, 6.07) is 15.3. The number of carbonyl (C=O) groups excluding carboxylic acids is 2. The molecule has 0 aliphatic carbocycles. The number of hydrogen-bond donors (Lipinski definition) is 0. The van der Waals surface area contributed by atoms with Crippen molar-refractivity contribution in [1.82, 2.24) is 4.90 Å². The first-order chi connectivity index (χ1) is 15.8. The normalized spacial score (nSPS) is 14.9. The van der Waals surface area contributed by atoms with Crippen LogP contribution in [0.5, 0.6) is 5.75 Å². The molecule has 4 nitrogen and oxygen atoms in total. The van der Waals surface area contributed by atoms with E-state index in [9.17, 15) is 18.4 Å². The second kappa shape index (κ2) is 10.2. The summed E-state index contributed by atoms with van der Waals surface area (Å²) in [5.74, 6) is -0.598. The minimum atomic E-state index is -0.409. The van der Waals surface area contributed by atoms with Gasteiger partial charge in [-0.25, -0.2) is 8.78 Å². The molecular weight excluding hydrogens is 580 g/mol. The van der Waals surface area contributed by atoms with Crippen LogP contribution in [-0.2, 0) is 17.9 Å². The Kier molecular flexibility index (Phi) is 7.31. The van der Waals surface area contributed by atoms with Crippen molar-refractivity contribution in [3.8, 4) is 5.75 Å². The number of nitrogens with zero attached hydrogens (tertiary/aromatic N) is 1. The summed E-state index contributed by atoms with van der Waals surface area (Å²) in [6.45, 7) is 0.249. The summed E-state index contributed by atoms with van der Waals surface area (Å²) in [6.07, 6.45) is 1.63. The van der Waals surface area contributed by atoms with Crippen LogP contribution in [0.1, 0.15) is 16.7 Å². The molecule has 0 bridgehead atoms.